The van der Waals surface area contributed by atoms with Crippen LogP contribution in [0.5, 0.6) is 0 Å². The fraction of sp³-hybridized carbons (Fsp3) is 0.500. The number of nitrogens with one attached hydrogen (secondary N) is 1. The molecule has 2 aromatic heterocycles. The molecule has 0 radical (unpaired) electrons. The van der Waals surface area contributed by atoms with Gasteiger partial charge in [0.15, 0.2) is 0 Å². The zero-order chi connectivity index (χ0) is 17.4. The van der Waals surface area contributed by atoms with Crippen molar-refractivity contribution >= 4 is 17.3 Å². The van der Waals surface area contributed by atoms with Crippen LogP contribution in [-0.2, 0) is 4.79 Å². The standard InChI is InChI=1S/C18H24N4O2/c1-11(2)9-16-17(23)19-7-8-21(16)18(24)14-10-20-22-13(4)12(3)5-6-15(14)22/h5-6,10-11,16H,7-9H2,1-4H3,(H,19,23). The van der Waals surface area contributed by atoms with Crippen LogP contribution in [0.25, 0.3) is 5.52 Å². The van der Waals surface area contributed by atoms with Crippen molar-refractivity contribution in [2.75, 3.05) is 13.1 Å². The zero-order valence-electron chi connectivity index (χ0n) is 14.7. The first-order chi connectivity index (χ1) is 11.4. The zero-order valence-corrected chi connectivity index (χ0v) is 14.7. The van der Waals surface area contributed by atoms with Crippen LogP contribution in [0.3, 0.4) is 0 Å². The number of hydrogen-bond donors (Lipinski definition) is 1. The smallest absolute Gasteiger partial charge is 0.258 e. The van der Waals surface area contributed by atoms with Crippen molar-refractivity contribution in [1.29, 1.82) is 0 Å². The molecule has 6 nitrogen and oxygen atoms in total. The Balaban J connectivity index is 1.98. The number of carbonyl (C=O) groups excluding carboxylic acids is 2. The van der Waals surface area contributed by atoms with E-state index in [-0.39, 0.29) is 11.8 Å². The third kappa shape index (κ3) is 2.77. The second-order valence-electron chi connectivity index (χ2n) is 6.89. The van der Waals surface area contributed by atoms with Crippen LogP contribution in [0.1, 0.15) is 41.9 Å². The Hall–Kier alpha value is -2.37. The molecule has 6 heteroatoms. The average molecular weight is 328 g/mol. The molecule has 3 rings (SSSR count). The fourth-order valence-electron chi connectivity index (χ4n) is 3.24. The summed E-state index contributed by atoms with van der Waals surface area (Å²) in [6, 6.07) is 3.51. The number of piperazine rings is 1. The highest BCUT2D eigenvalue weighted by Crippen LogP contribution is 2.21. The normalized spacial score (nSPS) is 18.3. The Morgan fingerprint density at radius 1 is 1.38 bits per heavy atom. The van der Waals surface area contributed by atoms with Gasteiger partial charge in [-0.1, -0.05) is 19.9 Å². The Bertz CT molecular complexity index is 794. The molecule has 0 aromatic carbocycles. The SMILES string of the molecule is Cc1ccc2c(C(=O)N3CCNC(=O)C3CC(C)C)cnn2c1C. The highest BCUT2D eigenvalue weighted by Gasteiger charge is 2.34. The summed E-state index contributed by atoms with van der Waals surface area (Å²) in [6.45, 7) is 9.16. The van der Waals surface area contributed by atoms with E-state index in [0.29, 0.717) is 31.0 Å². The molecule has 1 unspecified atom stereocenters. The molecule has 1 atom stereocenters. The maximum absolute atomic E-state index is 13.1. The van der Waals surface area contributed by atoms with Crippen LogP contribution in [0.2, 0.25) is 0 Å². The van der Waals surface area contributed by atoms with Crippen LogP contribution >= 0.6 is 0 Å². The minimum Gasteiger partial charge on any atom is -0.353 e. The Morgan fingerprint density at radius 2 is 2.12 bits per heavy atom. The lowest BCUT2D eigenvalue weighted by atomic mass is 9.99. The summed E-state index contributed by atoms with van der Waals surface area (Å²) >= 11 is 0. The predicted octanol–water partition coefficient (Wildman–Crippen LogP) is 1.94. The van der Waals surface area contributed by atoms with Crippen molar-refractivity contribution in [3.63, 3.8) is 0 Å². The molecule has 2 amide bonds. The molecule has 24 heavy (non-hydrogen) atoms. The maximum atomic E-state index is 13.1. The average Bonchev–Trinajstić information content (AvgIpc) is 2.96. The fourth-order valence-corrected chi connectivity index (χ4v) is 3.24. The van der Waals surface area contributed by atoms with Gasteiger partial charge in [-0.3, -0.25) is 9.59 Å². The molecule has 0 bridgehead atoms. The topological polar surface area (TPSA) is 66.7 Å². The van der Waals surface area contributed by atoms with E-state index in [4.69, 9.17) is 0 Å². The molecule has 1 saturated heterocycles. The first-order valence-corrected chi connectivity index (χ1v) is 8.42. The van der Waals surface area contributed by atoms with E-state index in [0.717, 1.165) is 16.8 Å². The molecule has 1 N–H and O–H groups in total. The van der Waals surface area contributed by atoms with Gasteiger partial charge in [0.1, 0.15) is 6.04 Å². The van der Waals surface area contributed by atoms with Gasteiger partial charge in [-0.05, 0) is 37.8 Å². The Morgan fingerprint density at radius 3 is 2.83 bits per heavy atom. The summed E-state index contributed by atoms with van der Waals surface area (Å²) in [5.74, 6) is 0.156. The molecule has 1 aliphatic heterocycles. The number of hydrogen-bond acceptors (Lipinski definition) is 3. The number of nitrogens with zero attached hydrogens (tertiary/aromatic N) is 3. The molecule has 0 aliphatic carbocycles. The van der Waals surface area contributed by atoms with Gasteiger partial charge in [0.2, 0.25) is 5.91 Å². The molecule has 0 saturated carbocycles. The van der Waals surface area contributed by atoms with Crippen LogP contribution in [0.4, 0.5) is 0 Å². The molecular formula is C18H24N4O2. The van der Waals surface area contributed by atoms with E-state index in [1.807, 2.05) is 26.0 Å². The number of amides is 2. The van der Waals surface area contributed by atoms with E-state index < -0.39 is 6.04 Å². The first-order valence-electron chi connectivity index (χ1n) is 8.42. The van der Waals surface area contributed by atoms with Crippen LogP contribution in [0.15, 0.2) is 18.3 Å². The van der Waals surface area contributed by atoms with Gasteiger partial charge < -0.3 is 10.2 Å². The molecule has 2 aromatic rings. The molecule has 1 fully saturated rings. The number of rotatable bonds is 3. The van der Waals surface area contributed by atoms with Gasteiger partial charge in [-0.15, -0.1) is 0 Å². The third-order valence-electron chi connectivity index (χ3n) is 4.70. The predicted molar refractivity (Wildman–Crippen MR) is 92.0 cm³/mol. The highest BCUT2D eigenvalue weighted by molar-refractivity contribution is 6.03. The first kappa shape index (κ1) is 16.5. The Kier molecular flexibility index (Phi) is 4.30. The largest absolute Gasteiger partial charge is 0.353 e. The summed E-state index contributed by atoms with van der Waals surface area (Å²) in [5, 5.41) is 7.24. The number of aromatic nitrogens is 2. The van der Waals surface area contributed by atoms with Gasteiger partial charge in [0, 0.05) is 18.8 Å². The van der Waals surface area contributed by atoms with Crippen molar-refractivity contribution in [3.8, 4) is 0 Å². The number of pyridine rings is 1. The third-order valence-corrected chi connectivity index (χ3v) is 4.70. The number of carbonyl (C=O) groups is 2. The van der Waals surface area contributed by atoms with Crippen molar-refractivity contribution in [3.05, 3.63) is 35.2 Å². The molecule has 1 aliphatic rings. The van der Waals surface area contributed by atoms with Crippen LogP contribution in [-0.4, -0.2) is 45.5 Å². The van der Waals surface area contributed by atoms with Crippen molar-refractivity contribution < 1.29 is 9.59 Å². The highest BCUT2D eigenvalue weighted by atomic mass is 16.2. The monoisotopic (exact) mass is 328 g/mol. The van der Waals surface area contributed by atoms with E-state index in [1.165, 1.54) is 0 Å². The maximum Gasteiger partial charge on any atom is 0.258 e. The van der Waals surface area contributed by atoms with Crippen LogP contribution in [0, 0.1) is 19.8 Å². The molecular weight excluding hydrogens is 304 g/mol. The lowest BCUT2D eigenvalue weighted by molar-refractivity contribution is -0.128. The van der Waals surface area contributed by atoms with Crippen molar-refractivity contribution in [2.45, 2.75) is 40.2 Å². The molecule has 3 heterocycles. The summed E-state index contributed by atoms with van der Waals surface area (Å²) in [7, 11) is 0. The second kappa shape index (κ2) is 6.26. The lowest BCUT2D eigenvalue weighted by Gasteiger charge is -2.35. The minimum absolute atomic E-state index is 0.0631. The van der Waals surface area contributed by atoms with Crippen LogP contribution < -0.4 is 5.32 Å². The van der Waals surface area contributed by atoms with Crippen molar-refractivity contribution in [1.82, 2.24) is 19.8 Å². The van der Waals surface area contributed by atoms with E-state index >= 15 is 0 Å². The summed E-state index contributed by atoms with van der Waals surface area (Å²) < 4.78 is 1.80. The summed E-state index contributed by atoms with van der Waals surface area (Å²) in [4.78, 5) is 27.1. The van der Waals surface area contributed by atoms with Gasteiger partial charge in [0.05, 0.1) is 17.3 Å². The van der Waals surface area contributed by atoms with Gasteiger partial charge in [-0.25, -0.2) is 4.52 Å². The molecule has 0 spiro atoms. The molecule has 128 valence electrons. The van der Waals surface area contributed by atoms with Crippen molar-refractivity contribution in [2.24, 2.45) is 5.92 Å². The second-order valence-corrected chi connectivity index (χ2v) is 6.89. The number of fused-ring (bicyclic) bond motifs is 1. The Labute approximate surface area is 141 Å². The van der Waals surface area contributed by atoms with E-state index in [9.17, 15) is 9.59 Å². The minimum atomic E-state index is -0.409. The quantitative estimate of drug-likeness (QED) is 0.936. The summed E-state index contributed by atoms with van der Waals surface area (Å²) in [6.07, 6.45) is 2.28. The van der Waals surface area contributed by atoms with Gasteiger partial charge >= 0.3 is 0 Å². The van der Waals surface area contributed by atoms with E-state index in [2.05, 4.69) is 24.3 Å². The van der Waals surface area contributed by atoms with E-state index in [1.54, 1.807) is 15.6 Å². The van der Waals surface area contributed by atoms with Gasteiger partial charge in [0.25, 0.3) is 5.91 Å². The number of aryl methyl sites for hydroxylation is 2. The summed E-state index contributed by atoms with van der Waals surface area (Å²) in [5.41, 5.74) is 3.49. The lowest BCUT2D eigenvalue weighted by Crippen LogP contribution is -2.57. The van der Waals surface area contributed by atoms with Gasteiger partial charge in [-0.2, -0.15) is 5.10 Å².